The highest BCUT2D eigenvalue weighted by atomic mass is 16.5. The molecule has 2 unspecified atom stereocenters. The highest BCUT2D eigenvalue weighted by Gasteiger charge is 2.23. The minimum atomic E-state index is 0.189. The number of benzene rings is 1. The molecule has 0 saturated carbocycles. The summed E-state index contributed by atoms with van der Waals surface area (Å²) in [4.78, 5) is 2.17. The van der Waals surface area contributed by atoms with Crippen LogP contribution in [0.25, 0.3) is 0 Å². The van der Waals surface area contributed by atoms with Gasteiger partial charge in [0, 0.05) is 12.6 Å². The van der Waals surface area contributed by atoms with Gasteiger partial charge in [-0.25, -0.2) is 0 Å². The van der Waals surface area contributed by atoms with Crippen LogP contribution in [0.4, 0.5) is 0 Å². The van der Waals surface area contributed by atoms with E-state index in [4.69, 9.17) is 4.74 Å². The predicted molar refractivity (Wildman–Crippen MR) is 79.8 cm³/mol. The summed E-state index contributed by atoms with van der Waals surface area (Å²) in [6.07, 6.45) is 0. The maximum atomic E-state index is 9.46. The van der Waals surface area contributed by atoms with E-state index in [0.29, 0.717) is 6.61 Å². The molecule has 0 aliphatic rings. The average molecular weight is 265 g/mol. The zero-order chi connectivity index (χ0) is 14.6. The van der Waals surface area contributed by atoms with E-state index in [1.807, 2.05) is 6.92 Å². The van der Waals surface area contributed by atoms with Crippen molar-refractivity contribution in [2.75, 3.05) is 27.3 Å². The Balaban J connectivity index is 3.21. The van der Waals surface area contributed by atoms with Crippen molar-refractivity contribution in [2.24, 2.45) is 5.92 Å². The van der Waals surface area contributed by atoms with Crippen LogP contribution in [0.15, 0.2) is 12.1 Å². The Labute approximate surface area is 117 Å². The first kappa shape index (κ1) is 16.0. The summed E-state index contributed by atoms with van der Waals surface area (Å²) in [6, 6.07) is 4.52. The van der Waals surface area contributed by atoms with Gasteiger partial charge in [0.25, 0.3) is 0 Å². The van der Waals surface area contributed by atoms with Crippen molar-refractivity contribution in [3.05, 3.63) is 28.8 Å². The Bertz CT molecular complexity index is 415. The predicted octanol–water partition coefficient (Wildman–Crippen LogP) is 2.93. The first-order chi connectivity index (χ1) is 8.92. The number of aryl methyl sites for hydroxylation is 2. The van der Waals surface area contributed by atoms with Crippen LogP contribution in [0.5, 0.6) is 5.75 Å². The third kappa shape index (κ3) is 3.71. The van der Waals surface area contributed by atoms with Crippen LogP contribution in [0.1, 0.15) is 36.6 Å². The summed E-state index contributed by atoms with van der Waals surface area (Å²) in [5.74, 6) is 1.16. The molecule has 1 N–H and O–H groups in total. The molecule has 3 heteroatoms. The number of ether oxygens (including phenoxy) is 1. The lowest BCUT2D eigenvalue weighted by Crippen LogP contribution is -2.28. The van der Waals surface area contributed by atoms with Crippen LogP contribution in [0.2, 0.25) is 0 Å². The molecule has 1 aromatic carbocycles. The third-order valence-corrected chi connectivity index (χ3v) is 3.57. The van der Waals surface area contributed by atoms with Gasteiger partial charge < -0.3 is 14.7 Å². The van der Waals surface area contributed by atoms with Crippen molar-refractivity contribution < 1.29 is 9.84 Å². The Hall–Kier alpha value is -1.06. The van der Waals surface area contributed by atoms with Gasteiger partial charge in [0.15, 0.2) is 0 Å². The van der Waals surface area contributed by atoms with Gasteiger partial charge >= 0.3 is 0 Å². The van der Waals surface area contributed by atoms with Gasteiger partial charge in [-0.15, -0.1) is 0 Å². The molecule has 0 bridgehead atoms. The van der Waals surface area contributed by atoms with Gasteiger partial charge in [0.2, 0.25) is 0 Å². The first-order valence-electron chi connectivity index (χ1n) is 6.93. The SMILES string of the molecule is CCOc1cc(C)c(C(C(C)CO)N(C)C)cc1C. The Morgan fingerprint density at radius 1 is 1.21 bits per heavy atom. The number of hydrogen-bond acceptors (Lipinski definition) is 3. The fourth-order valence-corrected chi connectivity index (χ4v) is 2.64. The lowest BCUT2D eigenvalue weighted by molar-refractivity contribution is 0.145. The minimum Gasteiger partial charge on any atom is -0.494 e. The smallest absolute Gasteiger partial charge is 0.122 e. The molecule has 0 spiro atoms. The molecule has 1 aromatic rings. The molecule has 0 aromatic heterocycles. The molecule has 19 heavy (non-hydrogen) atoms. The van der Waals surface area contributed by atoms with E-state index in [9.17, 15) is 5.11 Å². The molecule has 108 valence electrons. The molecule has 0 fully saturated rings. The summed E-state index contributed by atoms with van der Waals surface area (Å²) >= 11 is 0. The fraction of sp³-hybridized carbons (Fsp3) is 0.625. The van der Waals surface area contributed by atoms with Crippen molar-refractivity contribution in [2.45, 2.75) is 33.7 Å². The Morgan fingerprint density at radius 2 is 1.84 bits per heavy atom. The largest absolute Gasteiger partial charge is 0.494 e. The average Bonchev–Trinajstić information content (AvgIpc) is 2.34. The maximum absolute atomic E-state index is 9.46. The molecular formula is C16H27NO2. The van der Waals surface area contributed by atoms with Crippen LogP contribution in [-0.4, -0.2) is 37.3 Å². The zero-order valence-electron chi connectivity index (χ0n) is 13.0. The first-order valence-corrected chi connectivity index (χ1v) is 6.93. The van der Waals surface area contributed by atoms with Gasteiger partial charge in [0.05, 0.1) is 6.61 Å². The number of aliphatic hydroxyl groups excluding tert-OH is 1. The van der Waals surface area contributed by atoms with Gasteiger partial charge in [-0.1, -0.05) is 13.0 Å². The molecule has 0 aliphatic carbocycles. The Kier molecular flexibility index (Phi) is 5.83. The molecule has 0 amide bonds. The second-order valence-electron chi connectivity index (χ2n) is 5.48. The summed E-state index contributed by atoms with van der Waals surface area (Å²) < 4.78 is 5.64. The van der Waals surface area contributed by atoms with Crippen LogP contribution >= 0.6 is 0 Å². The van der Waals surface area contributed by atoms with Crippen molar-refractivity contribution in [3.63, 3.8) is 0 Å². The molecule has 2 atom stereocenters. The number of hydrogen-bond donors (Lipinski definition) is 1. The van der Waals surface area contributed by atoms with E-state index in [2.05, 4.69) is 51.9 Å². The minimum absolute atomic E-state index is 0.189. The van der Waals surface area contributed by atoms with E-state index in [1.54, 1.807) is 0 Å². The number of rotatable bonds is 6. The lowest BCUT2D eigenvalue weighted by atomic mass is 9.89. The van der Waals surface area contributed by atoms with Crippen molar-refractivity contribution in [1.29, 1.82) is 0 Å². The van der Waals surface area contributed by atoms with Crippen molar-refractivity contribution >= 4 is 0 Å². The van der Waals surface area contributed by atoms with Gasteiger partial charge in [-0.2, -0.15) is 0 Å². The van der Waals surface area contributed by atoms with E-state index in [0.717, 1.165) is 11.3 Å². The summed E-state index contributed by atoms with van der Waals surface area (Å²) in [6.45, 7) is 9.13. The van der Waals surface area contributed by atoms with Crippen LogP contribution in [0, 0.1) is 19.8 Å². The topological polar surface area (TPSA) is 32.7 Å². The van der Waals surface area contributed by atoms with E-state index in [-0.39, 0.29) is 18.6 Å². The lowest BCUT2D eigenvalue weighted by Gasteiger charge is -2.31. The molecule has 0 aliphatic heterocycles. The highest BCUT2D eigenvalue weighted by molar-refractivity contribution is 5.43. The number of nitrogens with zero attached hydrogens (tertiary/aromatic N) is 1. The quantitative estimate of drug-likeness (QED) is 0.858. The van der Waals surface area contributed by atoms with Crippen molar-refractivity contribution in [1.82, 2.24) is 4.90 Å². The summed E-state index contributed by atoms with van der Waals surface area (Å²) in [5.41, 5.74) is 3.64. The van der Waals surface area contributed by atoms with Gasteiger partial charge in [0.1, 0.15) is 5.75 Å². The van der Waals surface area contributed by atoms with Gasteiger partial charge in [-0.3, -0.25) is 0 Å². The van der Waals surface area contributed by atoms with Gasteiger partial charge in [-0.05, 0) is 63.5 Å². The normalized spacial score (nSPS) is 14.5. The second kappa shape index (κ2) is 6.92. The third-order valence-electron chi connectivity index (χ3n) is 3.57. The molecule has 0 heterocycles. The van der Waals surface area contributed by atoms with E-state index in [1.165, 1.54) is 11.1 Å². The summed E-state index contributed by atoms with van der Waals surface area (Å²) in [7, 11) is 4.12. The monoisotopic (exact) mass is 265 g/mol. The number of aliphatic hydroxyl groups is 1. The molecule has 1 rings (SSSR count). The fourth-order valence-electron chi connectivity index (χ4n) is 2.64. The maximum Gasteiger partial charge on any atom is 0.122 e. The van der Waals surface area contributed by atoms with Crippen LogP contribution in [0.3, 0.4) is 0 Å². The highest BCUT2D eigenvalue weighted by Crippen LogP contribution is 2.33. The van der Waals surface area contributed by atoms with Crippen LogP contribution < -0.4 is 4.74 Å². The standard InChI is InChI=1S/C16H27NO2/c1-7-19-15-9-11(2)14(8-12(15)3)16(17(5)6)13(4)10-18/h8-9,13,16,18H,7,10H2,1-6H3. The van der Waals surface area contributed by atoms with E-state index >= 15 is 0 Å². The summed E-state index contributed by atoms with van der Waals surface area (Å²) in [5, 5.41) is 9.46. The molecular weight excluding hydrogens is 238 g/mol. The molecule has 3 nitrogen and oxygen atoms in total. The van der Waals surface area contributed by atoms with E-state index < -0.39 is 0 Å². The molecule has 0 saturated heterocycles. The molecule has 0 radical (unpaired) electrons. The van der Waals surface area contributed by atoms with Crippen LogP contribution in [-0.2, 0) is 0 Å². The second-order valence-corrected chi connectivity index (χ2v) is 5.48. The van der Waals surface area contributed by atoms with Crippen molar-refractivity contribution in [3.8, 4) is 5.75 Å². The zero-order valence-corrected chi connectivity index (χ0v) is 13.0. The Morgan fingerprint density at radius 3 is 2.32 bits per heavy atom.